The molecule has 0 aliphatic carbocycles. The summed E-state index contributed by atoms with van der Waals surface area (Å²) >= 11 is 0. The summed E-state index contributed by atoms with van der Waals surface area (Å²) in [6, 6.07) is 11.8. The first-order valence-electron chi connectivity index (χ1n) is 6.94. The topological polar surface area (TPSA) is 69.9 Å². The van der Waals surface area contributed by atoms with Crippen molar-refractivity contribution >= 4 is 16.8 Å². The fourth-order valence-corrected chi connectivity index (χ4v) is 2.52. The fourth-order valence-electron chi connectivity index (χ4n) is 2.52. The highest BCUT2D eigenvalue weighted by Crippen LogP contribution is 2.33. The van der Waals surface area contributed by atoms with E-state index in [2.05, 4.69) is 10.1 Å². The Balaban J connectivity index is 1.87. The van der Waals surface area contributed by atoms with Gasteiger partial charge in [-0.2, -0.15) is 5.10 Å². The fraction of sp³-hybridized carbons (Fsp3) is 0.0588. The molecular formula is C17H14N4O. The summed E-state index contributed by atoms with van der Waals surface area (Å²) in [4.78, 5) is 4.29. The largest absolute Gasteiger partial charge is 0.456 e. The van der Waals surface area contributed by atoms with Gasteiger partial charge >= 0.3 is 0 Å². The molecule has 0 saturated carbocycles. The number of pyridine rings is 1. The van der Waals surface area contributed by atoms with Gasteiger partial charge in [-0.05, 0) is 18.2 Å². The molecule has 0 atom stereocenters. The lowest BCUT2D eigenvalue weighted by Gasteiger charge is -2.04. The number of fused-ring (bicyclic) bond motifs is 1. The first-order valence-corrected chi connectivity index (χ1v) is 6.94. The number of benzene rings is 1. The number of nitrogens with two attached hydrogens (primary N) is 1. The second kappa shape index (κ2) is 4.73. The zero-order valence-corrected chi connectivity index (χ0v) is 12.0. The van der Waals surface area contributed by atoms with Gasteiger partial charge in [-0.1, -0.05) is 18.2 Å². The van der Waals surface area contributed by atoms with E-state index in [-0.39, 0.29) is 0 Å². The average molecular weight is 290 g/mol. The Morgan fingerprint density at radius 1 is 1.09 bits per heavy atom. The Morgan fingerprint density at radius 2 is 1.95 bits per heavy atom. The molecule has 3 aromatic heterocycles. The minimum absolute atomic E-state index is 0.451. The van der Waals surface area contributed by atoms with Crippen LogP contribution in [0, 0.1) is 0 Å². The maximum atomic E-state index is 6.03. The number of rotatable bonds is 2. The highest BCUT2D eigenvalue weighted by molar-refractivity contribution is 5.86. The maximum absolute atomic E-state index is 6.03. The lowest BCUT2D eigenvalue weighted by atomic mass is 10.1. The molecule has 0 fully saturated rings. The van der Waals surface area contributed by atoms with Gasteiger partial charge < -0.3 is 10.2 Å². The zero-order valence-electron chi connectivity index (χ0n) is 12.0. The van der Waals surface area contributed by atoms with Gasteiger partial charge in [0.1, 0.15) is 17.2 Å². The molecule has 0 spiro atoms. The van der Waals surface area contributed by atoms with E-state index in [1.807, 2.05) is 49.6 Å². The number of nitrogens with zero attached hydrogens (tertiary/aromatic N) is 3. The molecule has 1 aromatic carbocycles. The van der Waals surface area contributed by atoms with Crippen molar-refractivity contribution in [2.24, 2.45) is 7.05 Å². The van der Waals surface area contributed by atoms with Gasteiger partial charge in [0.15, 0.2) is 0 Å². The Bertz CT molecular complexity index is 935. The summed E-state index contributed by atoms with van der Waals surface area (Å²) in [5.41, 5.74) is 9.61. The third-order valence-electron chi connectivity index (χ3n) is 3.65. The molecule has 2 N–H and O–H groups in total. The van der Waals surface area contributed by atoms with Crippen LogP contribution in [0.3, 0.4) is 0 Å². The number of para-hydroxylation sites is 1. The summed E-state index contributed by atoms with van der Waals surface area (Å²) in [6.45, 7) is 0. The molecule has 108 valence electrons. The monoisotopic (exact) mass is 290 g/mol. The molecule has 0 amide bonds. The van der Waals surface area contributed by atoms with Crippen LogP contribution < -0.4 is 5.73 Å². The number of hydrogen-bond acceptors (Lipinski definition) is 4. The van der Waals surface area contributed by atoms with Crippen molar-refractivity contribution in [2.45, 2.75) is 0 Å². The number of nitrogen functional groups attached to an aromatic ring is 1. The van der Waals surface area contributed by atoms with Gasteiger partial charge in [-0.15, -0.1) is 0 Å². The van der Waals surface area contributed by atoms with Crippen molar-refractivity contribution in [3.05, 3.63) is 55.0 Å². The Hall–Kier alpha value is -3.08. The quantitative estimate of drug-likeness (QED) is 0.613. The van der Waals surface area contributed by atoms with E-state index >= 15 is 0 Å². The third kappa shape index (κ3) is 2.03. The summed E-state index contributed by atoms with van der Waals surface area (Å²) in [7, 11) is 1.88. The molecule has 0 bridgehead atoms. The van der Waals surface area contributed by atoms with Crippen LogP contribution in [0.2, 0.25) is 0 Å². The average Bonchev–Trinajstić information content (AvgIpc) is 3.13. The van der Waals surface area contributed by atoms with Crippen LogP contribution in [0.1, 0.15) is 0 Å². The van der Waals surface area contributed by atoms with Crippen molar-refractivity contribution in [3.8, 4) is 22.5 Å². The molecule has 0 radical (unpaired) electrons. The van der Waals surface area contributed by atoms with E-state index in [0.717, 1.165) is 33.4 Å². The molecule has 5 nitrogen and oxygen atoms in total. The highest BCUT2D eigenvalue weighted by Gasteiger charge is 2.12. The van der Waals surface area contributed by atoms with E-state index in [1.165, 1.54) is 0 Å². The molecule has 5 heteroatoms. The van der Waals surface area contributed by atoms with E-state index < -0.39 is 0 Å². The molecule has 0 aliphatic heterocycles. The van der Waals surface area contributed by atoms with Crippen molar-refractivity contribution in [1.29, 1.82) is 0 Å². The highest BCUT2D eigenvalue weighted by atomic mass is 16.3. The Kier molecular flexibility index (Phi) is 2.72. The van der Waals surface area contributed by atoms with Crippen LogP contribution in [0.5, 0.6) is 0 Å². The number of hydrogen-bond donors (Lipinski definition) is 1. The predicted octanol–water partition coefficient (Wildman–Crippen LogP) is 3.48. The van der Waals surface area contributed by atoms with Crippen molar-refractivity contribution in [2.75, 3.05) is 5.73 Å². The van der Waals surface area contributed by atoms with E-state index in [9.17, 15) is 0 Å². The second-order valence-corrected chi connectivity index (χ2v) is 5.21. The van der Waals surface area contributed by atoms with E-state index in [4.69, 9.17) is 10.2 Å². The molecule has 3 heterocycles. The van der Waals surface area contributed by atoms with Gasteiger partial charge in [-0.3, -0.25) is 4.68 Å². The Morgan fingerprint density at radius 3 is 2.73 bits per heavy atom. The van der Waals surface area contributed by atoms with E-state index in [0.29, 0.717) is 5.82 Å². The van der Waals surface area contributed by atoms with E-state index in [1.54, 1.807) is 17.1 Å². The normalized spacial score (nSPS) is 11.1. The van der Waals surface area contributed by atoms with Crippen LogP contribution in [-0.2, 0) is 7.05 Å². The number of anilines is 1. The Labute approximate surface area is 127 Å². The predicted molar refractivity (Wildman–Crippen MR) is 86.1 cm³/mol. The standard InChI is InChI=1S/C17H14N4O/c1-21-10-13(9-20-21)12-6-14(17(18)19-8-12)16-7-11-4-2-3-5-15(11)22-16/h2-10H,1H3,(H2,18,19). The summed E-state index contributed by atoms with van der Waals surface area (Å²) in [5.74, 6) is 1.17. The molecule has 0 unspecified atom stereocenters. The molecular weight excluding hydrogens is 276 g/mol. The lowest BCUT2D eigenvalue weighted by Crippen LogP contribution is -1.94. The molecule has 4 aromatic rings. The van der Waals surface area contributed by atoms with Gasteiger partial charge in [-0.25, -0.2) is 4.98 Å². The van der Waals surface area contributed by atoms with Gasteiger partial charge in [0.2, 0.25) is 0 Å². The summed E-state index contributed by atoms with van der Waals surface area (Å²) in [6.07, 6.45) is 5.49. The molecule has 0 saturated heterocycles. The smallest absolute Gasteiger partial charge is 0.139 e. The number of aryl methyl sites for hydroxylation is 1. The van der Waals surface area contributed by atoms with Crippen LogP contribution in [0.25, 0.3) is 33.4 Å². The number of aromatic nitrogens is 3. The third-order valence-corrected chi connectivity index (χ3v) is 3.65. The summed E-state index contributed by atoms with van der Waals surface area (Å²) in [5, 5.41) is 5.23. The minimum atomic E-state index is 0.451. The van der Waals surface area contributed by atoms with Crippen molar-refractivity contribution in [1.82, 2.24) is 14.8 Å². The number of furan rings is 1. The van der Waals surface area contributed by atoms with Crippen LogP contribution in [0.4, 0.5) is 5.82 Å². The van der Waals surface area contributed by atoms with Crippen LogP contribution in [-0.4, -0.2) is 14.8 Å². The summed E-state index contributed by atoms with van der Waals surface area (Å²) < 4.78 is 7.65. The lowest BCUT2D eigenvalue weighted by molar-refractivity contribution is 0.631. The zero-order chi connectivity index (χ0) is 15.1. The van der Waals surface area contributed by atoms with Crippen LogP contribution in [0.15, 0.2) is 59.4 Å². The molecule has 4 rings (SSSR count). The van der Waals surface area contributed by atoms with Crippen molar-refractivity contribution < 1.29 is 4.42 Å². The first kappa shape index (κ1) is 12.6. The SMILES string of the molecule is Cn1cc(-c2cnc(N)c(-c3cc4ccccc4o3)c2)cn1. The minimum Gasteiger partial charge on any atom is -0.456 e. The first-order chi connectivity index (χ1) is 10.7. The van der Waals surface area contributed by atoms with Crippen molar-refractivity contribution in [3.63, 3.8) is 0 Å². The van der Waals surface area contributed by atoms with Gasteiger partial charge in [0, 0.05) is 36.0 Å². The van der Waals surface area contributed by atoms with Gasteiger partial charge in [0.05, 0.1) is 11.8 Å². The van der Waals surface area contributed by atoms with Gasteiger partial charge in [0.25, 0.3) is 0 Å². The maximum Gasteiger partial charge on any atom is 0.139 e. The van der Waals surface area contributed by atoms with Crippen LogP contribution >= 0.6 is 0 Å². The second-order valence-electron chi connectivity index (χ2n) is 5.21. The molecule has 22 heavy (non-hydrogen) atoms. The molecule has 0 aliphatic rings.